The average Bonchev–Trinajstić information content (AvgIpc) is 2.35. The first-order valence-corrected chi connectivity index (χ1v) is 7.26. The van der Waals surface area contributed by atoms with Crippen LogP contribution in [0.2, 0.25) is 15.1 Å². The maximum Gasteiger partial charge on any atom is 0.0932 e. The number of rotatable bonds is 3. The zero-order valence-corrected chi connectivity index (χ0v) is 12.3. The third-order valence-electron chi connectivity index (χ3n) is 3.26. The fourth-order valence-corrected chi connectivity index (χ4v) is 3.05. The van der Waals surface area contributed by atoms with Crippen molar-refractivity contribution < 1.29 is 5.11 Å². The van der Waals surface area contributed by atoms with Crippen LogP contribution >= 0.6 is 34.8 Å². The van der Waals surface area contributed by atoms with Crippen molar-refractivity contribution in [2.75, 3.05) is 19.6 Å². The molecule has 1 aromatic rings. The van der Waals surface area contributed by atoms with Gasteiger partial charge in [0.15, 0.2) is 0 Å². The van der Waals surface area contributed by atoms with Crippen LogP contribution in [0.5, 0.6) is 0 Å². The summed E-state index contributed by atoms with van der Waals surface area (Å²) < 4.78 is 0. The number of β-amino-alcohol motifs (C(OH)–C–C–N with tert-alkyl or cyclic N) is 1. The Morgan fingerprint density at radius 3 is 2.44 bits per heavy atom. The number of hydrogen-bond acceptors (Lipinski definition) is 2. The van der Waals surface area contributed by atoms with Gasteiger partial charge in [-0.1, -0.05) is 41.2 Å². The van der Waals surface area contributed by atoms with E-state index >= 15 is 0 Å². The summed E-state index contributed by atoms with van der Waals surface area (Å²) in [6.45, 7) is 2.64. The first kappa shape index (κ1) is 14.4. The molecule has 1 heterocycles. The highest BCUT2D eigenvalue weighted by atomic mass is 35.5. The average molecular weight is 309 g/mol. The molecule has 0 radical (unpaired) electrons. The number of hydrogen-bond donors (Lipinski definition) is 1. The fourth-order valence-electron chi connectivity index (χ4n) is 2.30. The zero-order valence-electron chi connectivity index (χ0n) is 10.0. The van der Waals surface area contributed by atoms with Crippen molar-refractivity contribution in [2.24, 2.45) is 0 Å². The normalized spacial score (nSPS) is 18.9. The van der Waals surface area contributed by atoms with E-state index in [1.54, 1.807) is 12.1 Å². The van der Waals surface area contributed by atoms with Gasteiger partial charge in [0.25, 0.3) is 0 Å². The van der Waals surface area contributed by atoms with E-state index in [-0.39, 0.29) is 0 Å². The molecule has 100 valence electrons. The molecule has 0 aromatic heterocycles. The lowest BCUT2D eigenvalue weighted by Crippen LogP contribution is -2.33. The molecule has 2 rings (SSSR count). The first-order valence-electron chi connectivity index (χ1n) is 6.13. The molecule has 0 unspecified atom stereocenters. The SMILES string of the molecule is O[C@@H](CN1CCCCC1)c1cc(Cl)cc(Cl)c1Cl. The number of aliphatic hydroxyl groups excluding tert-OH is 1. The summed E-state index contributed by atoms with van der Waals surface area (Å²) in [7, 11) is 0. The molecule has 0 spiro atoms. The Morgan fingerprint density at radius 2 is 1.78 bits per heavy atom. The molecule has 1 aromatic carbocycles. The van der Waals surface area contributed by atoms with Gasteiger partial charge in [-0.2, -0.15) is 0 Å². The number of piperidine rings is 1. The topological polar surface area (TPSA) is 23.5 Å². The van der Waals surface area contributed by atoms with Gasteiger partial charge >= 0.3 is 0 Å². The summed E-state index contributed by atoms with van der Waals surface area (Å²) in [5, 5.41) is 11.5. The molecular formula is C13H16Cl3NO. The van der Waals surface area contributed by atoms with Gasteiger partial charge in [-0.3, -0.25) is 0 Å². The summed E-state index contributed by atoms with van der Waals surface area (Å²) in [6, 6.07) is 3.27. The molecule has 0 aliphatic carbocycles. The lowest BCUT2D eigenvalue weighted by molar-refractivity contribution is 0.101. The van der Waals surface area contributed by atoms with Crippen molar-refractivity contribution in [1.29, 1.82) is 0 Å². The Balaban J connectivity index is 2.10. The van der Waals surface area contributed by atoms with Crippen LogP contribution in [0.4, 0.5) is 0 Å². The summed E-state index contributed by atoms with van der Waals surface area (Å²) in [5.74, 6) is 0. The summed E-state index contributed by atoms with van der Waals surface area (Å²) >= 11 is 18.0. The molecule has 1 fully saturated rings. The van der Waals surface area contributed by atoms with Gasteiger partial charge in [0.2, 0.25) is 0 Å². The van der Waals surface area contributed by atoms with Gasteiger partial charge in [-0.25, -0.2) is 0 Å². The van der Waals surface area contributed by atoms with Crippen molar-refractivity contribution in [1.82, 2.24) is 4.90 Å². The van der Waals surface area contributed by atoms with E-state index in [4.69, 9.17) is 34.8 Å². The van der Waals surface area contributed by atoms with Gasteiger partial charge in [0.1, 0.15) is 0 Å². The Bertz CT molecular complexity index is 419. The molecule has 0 bridgehead atoms. The molecule has 1 saturated heterocycles. The minimum absolute atomic E-state index is 0.386. The van der Waals surface area contributed by atoms with Gasteiger partial charge < -0.3 is 10.0 Å². The predicted molar refractivity (Wildman–Crippen MR) is 76.7 cm³/mol. The molecule has 18 heavy (non-hydrogen) atoms. The quantitative estimate of drug-likeness (QED) is 0.847. The molecule has 0 saturated carbocycles. The van der Waals surface area contributed by atoms with Crippen LogP contribution in [0.3, 0.4) is 0 Å². The van der Waals surface area contributed by atoms with Crippen molar-refractivity contribution in [3.05, 3.63) is 32.8 Å². The highest BCUT2D eigenvalue weighted by molar-refractivity contribution is 6.43. The van der Waals surface area contributed by atoms with Crippen molar-refractivity contribution in [3.8, 4) is 0 Å². The predicted octanol–water partition coefficient (Wildman–Crippen LogP) is 4.17. The van der Waals surface area contributed by atoms with E-state index in [0.717, 1.165) is 13.1 Å². The van der Waals surface area contributed by atoms with Crippen LogP contribution in [0.1, 0.15) is 30.9 Å². The number of benzene rings is 1. The summed E-state index contributed by atoms with van der Waals surface area (Å²) in [5.41, 5.74) is 0.611. The first-order chi connectivity index (χ1) is 8.58. The van der Waals surface area contributed by atoms with Crippen LogP contribution < -0.4 is 0 Å². The van der Waals surface area contributed by atoms with E-state index in [0.29, 0.717) is 27.2 Å². The second kappa shape index (κ2) is 6.44. The summed E-state index contributed by atoms with van der Waals surface area (Å²) in [4.78, 5) is 2.25. The molecule has 1 atom stereocenters. The monoisotopic (exact) mass is 307 g/mol. The number of halogens is 3. The van der Waals surface area contributed by atoms with Crippen molar-refractivity contribution in [2.45, 2.75) is 25.4 Å². The molecule has 2 nitrogen and oxygen atoms in total. The van der Waals surface area contributed by atoms with E-state index < -0.39 is 6.10 Å². The molecule has 1 aliphatic rings. The number of likely N-dealkylation sites (tertiary alicyclic amines) is 1. The third-order valence-corrected chi connectivity index (χ3v) is 4.29. The Labute approximate surface area is 122 Å². The van der Waals surface area contributed by atoms with Gasteiger partial charge in [-0.05, 0) is 38.1 Å². The van der Waals surface area contributed by atoms with Crippen LogP contribution in [0, 0.1) is 0 Å². The van der Waals surface area contributed by atoms with Gasteiger partial charge in [0.05, 0.1) is 16.1 Å². The van der Waals surface area contributed by atoms with Crippen LogP contribution in [0.25, 0.3) is 0 Å². The molecular weight excluding hydrogens is 293 g/mol. The maximum absolute atomic E-state index is 10.3. The van der Waals surface area contributed by atoms with E-state index in [1.807, 2.05) is 0 Å². The van der Waals surface area contributed by atoms with Gasteiger partial charge in [0, 0.05) is 17.1 Å². The van der Waals surface area contributed by atoms with Crippen molar-refractivity contribution in [3.63, 3.8) is 0 Å². The molecule has 5 heteroatoms. The minimum Gasteiger partial charge on any atom is -0.387 e. The smallest absolute Gasteiger partial charge is 0.0932 e. The minimum atomic E-state index is -0.646. The summed E-state index contributed by atoms with van der Waals surface area (Å²) in [6.07, 6.45) is 3.01. The molecule has 0 amide bonds. The lowest BCUT2D eigenvalue weighted by atomic mass is 10.1. The zero-order chi connectivity index (χ0) is 13.1. The maximum atomic E-state index is 10.3. The molecule has 1 aliphatic heterocycles. The van der Waals surface area contributed by atoms with Crippen molar-refractivity contribution >= 4 is 34.8 Å². The fraction of sp³-hybridized carbons (Fsp3) is 0.538. The van der Waals surface area contributed by atoms with Crippen LogP contribution in [0.15, 0.2) is 12.1 Å². The van der Waals surface area contributed by atoms with Crippen LogP contribution in [-0.2, 0) is 0 Å². The highest BCUT2D eigenvalue weighted by Crippen LogP contribution is 2.33. The van der Waals surface area contributed by atoms with E-state index in [2.05, 4.69) is 4.90 Å². The Hall–Kier alpha value is 0.01000. The van der Waals surface area contributed by atoms with E-state index in [9.17, 15) is 5.11 Å². The second-order valence-corrected chi connectivity index (χ2v) is 5.89. The largest absolute Gasteiger partial charge is 0.387 e. The Kier molecular flexibility index (Phi) is 5.16. The number of nitrogens with zero attached hydrogens (tertiary/aromatic N) is 1. The van der Waals surface area contributed by atoms with Crippen LogP contribution in [-0.4, -0.2) is 29.6 Å². The lowest BCUT2D eigenvalue weighted by Gasteiger charge is -2.29. The van der Waals surface area contributed by atoms with Gasteiger partial charge in [-0.15, -0.1) is 0 Å². The standard InChI is InChI=1S/C13H16Cl3NO/c14-9-6-10(13(16)11(15)7-9)12(18)8-17-4-2-1-3-5-17/h6-7,12,18H,1-5,8H2/t12-/m0/s1. The number of aliphatic hydroxyl groups is 1. The second-order valence-electron chi connectivity index (χ2n) is 4.67. The molecule has 1 N–H and O–H groups in total. The highest BCUT2D eigenvalue weighted by Gasteiger charge is 2.19. The van der Waals surface area contributed by atoms with E-state index in [1.165, 1.54) is 19.3 Å². The Morgan fingerprint density at radius 1 is 1.11 bits per heavy atom. The third kappa shape index (κ3) is 3.52.